The minimum Gasteiger partial charge on any atom is -0.378 e. The lowest BCUT2D eigenvalue weighted by molar-refractivity contribution is -0.137. The number of carbonyl (C=O) groups is 2. The van der Waals surface area contributed by atoms with Gasteiger partial charge in [-0.25, -0.2) is 0 Å². The molecule has 0 saturated carbocycles. The van der Waals surface area contributed by atoms with Crippen molar-refractivity contribution in [1.82, 2.24) is 25.9 Å². The van der Waals surface area contributed by atoms with Crippen molar-refractivity contribution >= 4 is 11.8 Å². The number of aromatic nitrogens is 3. The van der Waals surface area contributed by atoms with Gasteiger partial charge in [0, 0.05) is 18.2 Å². The number of carbonyl (C=O) groups excluding carboxylic acids is 2. The van der Waals surface area contributed by atoms with E-state index in [2.05, 4.69) is 25.9 Å². The van der Waals surface area contributed by atoms with Gasteiger partial charge in [-0.05, 0) is 11.0 Å². The fourth-order valence-electron chi connectivity index (χ4n) is 3.93. The molecule has 0 radical (unpaired) electrons. The van der Waals surface area contributed by atoms with Gasteiger partial charge in [-0.3, -0.25) is 9.59 Å². The first-order valence-electron chi connectivity index (χ1n) is 12.1. The molecule has 0 aliphatic heterocycles. The Kier molecular flexibility index (Phi) is 7.78. The minimum atomic E-state index is -4.82. The molecular formula is C27H26F3N5O5. The van der Waals surface area contributed by atoms with Gasteiger partial charge in [-0.1, -0.05) is 85.7 Å². The number of nitrogens with zero attached hydrogens (tertiary/aromatic N) is 3. The van der Waals surface area contributed by atoms with Gasteiger partial charge < -0.3 is 24.8 Å². The van der Waals surface area contributed by atoms with Gasteiger partial charge in [0.1, 0.15) is 17.3 Å². The molecular weight excluding hydrogens is 531 g/mol. The molecule has 2 aromatic heterocycles. The van der Waals surface area contributed by atoms with Crippen LogP contribution in [0, 0.1) is 5.41 Å². The number of nitrogens with one attached hydrogen (secondary N) is 2. The molecule has 13 heteroatoms. The Hall–Kier alpha value is -4.52. The molecule has 3 N–H and O–H groups in total. The molecule has 210 valence electrons. The van der Waals surface area contributed by atoms with E-state index in [9.17, 15) is 27.9 Å². The largest absolute Gasteiger partial charge is 0.422 e. The lowest BCUT2D eigenvalue weighted by atomic mass is 9.86. The number of aliphatic hydroxyl groups excluding tert-OH is 1. The Balaban J connectivity index is 1.56. The smallest absolute Gasteiger partial charge is 0.378 e. The topological polar surface area (TPSA) is 143 Å². The number of alkyl halides is 3. The van der Waals surface area contributed by atoms with Gasteiger partial charge in [0.2, 0.25) is 17.5 Å². The monoisotopic (exact) mass is 557 g/mol. The molecule has 40 heavy (non-hydrogen) atoms. The molecule has 0 bridgehead atoms. The maximum absolute atomic E-state index is 14.0. The van der Waals surface area contributed by atoms with Crippen molar-refractivity contribution in [2.75, 3.05) is 7.05 Å². The molecule has 2 amide bonds. The number of hydrogen-bond acceptors (Lipinski definition) is 8. The molecule has 0 aliphatic carbocycles. The number of benzene rings is 2. The molecule has 10 nitrogen and oxygen atoms in total. The first kappa shape index (κ1) is 28.5. The highest BCUT2D eigenvalue weighted by Gasteiger charge is 2.43. The highest BCUT2D eigenvalue weighted by Crippen LogP contribution is 2.43. The molecule has 2 heterocycles. The first-order valence-corrected chi connectivity index (χ1v) is 12.1. The number of aliphatic hydroxyl groups is 1. The van der Waals surface area contributed by atoms with Crippen molar-refractivity contribution in [2.45, 2.75) is 39.1 Å². The molecule has 2 unspecified atom stereocenters. The van der Waals surface area contributed by atoms with Gasteiger partial charge in [0.25, 0.3) is 11.8 Å². The Labute approximate surface area is 226 Å². The zero-order chi connectivity index (χ0) is 29.2. The van der Waals surface area contributed by atoms with Gasteiger partial charge in [-0.15, -0.1) is 0 Å². The third-order valence-corrected chi connectivity index (χ3v) is 6.04. The van der Waals surface area contributed by atoms with Crippen LogP contribution in [0.2, 0.25) is 0 Å². The molecule has 4 aromatic rings. The average Bonchev–Trinajstić information content (AvgIpc) is 3.58. The first-order chi connectivity index (χ1) is 18.8. The third-order valence-electron chi connectivity index (χ3n) is 6.04. The van der Waals surface area contributed by atoms with E-state index in [1.54, 1.807) is 39.0 Å². The van der Waals surface area contributed by atoms with Crippen LogP contribution in [0.1, 0.15) is 38.0 Å². The normalized spacial score (nSPS) is 13.5. The van der Waals surface area contributed by atoms with Crippen LogP contribution >= 0.6 is 0 Å². The quantitative estimate of drug-likeness (QED) is 0.304. The van der Waals surface area contributed by atoms with Gasteiger partial charge in [-0.2, -0.15) is 18.2 Å². The van der Waals surface area contributed by atoms with E-state index in [0.717, 1.165) is 0 Å². The summed E-state index contributed by atoms with van der Waals surface area (Å²) < 4.78 is 52.0. The van der Waals surface area contributed by atoms with Crippen LogP contribution < -0.4 is 10.6 Å². The Bertz CT molecular complexity index is 1490. The molecule has 0 spiro atoms. The molecule has 0 fully saturated rings. The number of halogens is 3. The van der Waals surface area contributed by atoms with E-state index in [1.165, 1.54) is 43.4 Å². The van der Waals surface area contributed by atoms with Crippen molar-refractivity contribution in [3.05, 3.63) is 65.7 Å². The Morgan fingerprint density at radius 3 is 2.12 bits per heavy atom. The van der Waals surface area contributed by atoms with E-state index in [4.69, 9.17) is 9.05 Å². The summed E-state index contributed by atoms with van der Waals surface area (Å²) in [7, 11) is 1.44. The van der Waals surface area contributed by atoms with Crippen LogP contribution in [0.5, 0.6) is 0 Å². The average molecular weight is 558 g/mol. The van der Waals surface area contributed by atoms with Crippen LogP contribution in [0.15, 0.2) is 63.6 Å². The summed E-state index contributed by atoms with van der Waals surface area (Å²) in [5.41, 5.74) is -1.44. The second kappa shape index (κ2) is 10.9. The summed E-state index contributed by atoms with van der Waals surface area (Å²) in [6.45, 7) is 5.31. The summed E-state index contributed by atoms with van der Waals surface area (Å²) >= 11 is 0. The van der Waals surface area contributed by atoms with Gasteiger partial charge in [0.05, 0.1) is 0 Å². The van der Waals surface area contributed by atoms with Crippen molar-refractivity contribution in [3.63, 3.8) is 0 Å². The van der Waals surface area contributed by atoms with E-state index in [0.29, 0.717) is 5.56 Å². The van der Waals surface area contributed by atoms with Crippen LogP contribution in [-0.2, 0) is 15.8 Å². The van der Waals surface area contributed by atoms with Crippen molar-refractivity contribution in [1.29, 1.82) is 0 Å². The fraction of sp³-hybridized carbons (Fsp3) is 0.296. The van der Waals surface area contributed by atoms with E-state index < -0.39 is 58.5 Å². The summed E-state index contributed by atoms with van der Waals surface area (Å²) in [4.78, 5) is 28.9. The van der Waals surface area contributed by atoms with Gasteiger partial charge in [0.15, 0.2) is 6.10 Å². The molecule has 0 aliphatic rings. The molecule has 2 aromatic carbocycles. The Morgan fingerprint density at radius 2 is 1.55 bits per heavy atom. The third kappa shape index (κ3) is 5.88. The number of amides is 2. The fourth-order valence-corrected chi connectivity index (χ4v) is 3.93. The number of rotatable bonds is 7. The molecule has 2 atom stereocenters. The zero-order valence-corrected chi connectivity index (χ0v) is 21.9. The predicted molar refractivity (Wildman–Crippen MR) is 136 cm³/mol. The lowest BCUT2D eigenvalue weighted by Gasteiger charge is -2.30. The Morgan fingerprint density at radius 1 is 0.900 bits per heavy atom. The predicted octanol–water partition coefficient (Wildman–Crippen LogP) is 4.39. The summed E-state index contributed by atoms with van der Waals surface area (Å²) in [5.74, 6) is -2.50. The number of hydrogen-bond donors (Lipinski definition) is 3. The van der Waals surface area contributed by atoms with E-state index in [1.807, 2.05) is 0 Å². The van der Waals surface area contributed by atoms with E-state index in [-0.39, 0.29) is 17.0 Å². The van der Waals surface area contributed by atoms with E-state index >= 15 is 0 Å². The van der Waals surface area contributed by atoms with Crippen LogP contribution in [-0.4, -0.2) is 45.3 Å². The SMILES string of the molecule is CNC(=O)C(NC(=O)C(O)c1ccc(-c2noc(-c3onc(-c4ccccc4)c3C(F)(F)F)n2)cc1)C(C)(C)C. The van der Waals surface area contributed by atoms with Crippen molar-refractivity contribution in [2.24, 2.45) is 5.41 Å². The highest BCUT2D eigenvalue weighted by molar-refractivity contribution is 5.90. The summed E-state index contributed by atoms with van der Waals surface area (Å²) in [6.07, 6.45) is -6.42. The van der Waals surface area contributed by atoms with Crippen LogP contribution in [0.4, 0.5) is 13.2 Å². The van der Waals surface area contributed by atoms with Crippen molar-refractivity contribution in [3.8, 4) is 34.3 Å². The highest BCUT2D eigenvalue weighted by atomic mass is 19.4. The zero-order valence-electron chi connectivity index (χ0n) is 21.9. The maximum Gasteiger partial charge on any atom is 0.422 e. The van der Waals surface area contributed by atoms with Crippen molar-refractivity contribution < 1.29 is 36.9 Å². The summed E-state index contributed by atoms with van der Waals surface area (Å²) in [6, 6.07) is 12.6. The second-order valence-corrected chi connectivity index (χ2v) is 9.97. The summed E-state index contributed by atoms with van der Waals surface area (Å²) in [5, 5.41) is 22.9. The minimum absolute atomic E-state index is 0.0568. The standard InChI is InChI=1S/C27H26F3N5O5/c1-26(2,3)21(24(38)31-4)32-23(37)19(36)15-10-12-16(13-11-15)22-33-25(40-35-22)20-17(27(28,29)30)18(34-39-20)14-8-6-5-7-9-14/h5-13,19,21,36H,1-4H3,(H,31,38)(H,32,37). The molecule has 4 rings (SSSR count). The maximum atomic E-state index is 14.0. The second-order valence-electron chi connectivity index (χ2n) is 9.97. The van der Waals surface area contributed by atoms with Crippen LogP contribution in [0.3, 0.4) is 0 Å². The molecule has 0 saturated heterocycles. The lowest BCUT2D eigenvalue weighted by Crippen LogP contribution is -2.53. The van der Waals surface area contributed by atoms with Gasteiger partial charge >= 0.3 is 6.18 Å². The number of likely N-dealkylation sites (N-methyl/N-ethyl adjacent to an activating group) is 1. The van der Waals surface area contributed by atoms with Crippen LogP contribution in [0.25, 0.3) is 34.3 Å².